The topological polar surface area (TPSA) is 35.7 Å². The van der Waals surface area contributed by atoms with E-state index in [2.05, 4.69) is 40.8 Å². The number of rotatable bonds is 3. The maximum Gasteiger partial charge on any atom is 0.0401 e. The van der Waals surface area contributed by atoms with Crippen LogP contribution in [-0.4, -0.2) is 62.2 Å². The minimum atomic E-state index is 0.801. The number of benzene rings is 1. The van der Waals surface area contributed by atoms with Crippen molar-refractivity contribution in [3.63, 3.8) is 0 Å². The van der Waals surface area contributed by atoms with Gasteiger partial charge in [0.2, 0.25) is 0 Å². The molecule has 2 saturated heterocycles. The Morgan fingerprint density at radius 2 is 1.73 bits per heavy atom. The van der Waals surface area contributed by atoms with Gasteiger partial charge >= 0.3 is 0 Å². The third-order valence-corrected chi connectivity index (χ3v) is 5.34. The van der Waals surface area contributed by atoms with Crippen LogP contribution in [0.4, 0.5) is 11.4 Å². The molecule has 0 aliphatic carbocycles. The Hall–Kier alpha value is -1.26. The summed E-state index contributed by atoms with van der Waals surface area (Å²) in [6.45, 7) is 9.40. The molecule has 0 unspecified atom stereocenters. The molecule has 2 aliphatic heterocycles. The number of nitrogens with zero attached hydrogens (tertiary/aromatic N) is 3. The molecule has 2 N–H and O–H groups in total. The van der Waals surface area contributed by atoms with E-state index in [0.717, 1.165) is 31.2 Å². The minimum absolute atomic E-state index is 0.801. The van der Waals surface area contributed by atoms with Crippen molar-refractivity contribution in [1.82, 2.24) is 9.80 Å². The molecule has 4 nitrogen and oxygen atoms in total. The fraction of sp³-hybridized carbons (Fsp3) is 0.667. The van der Waals surface area contributed by atoms with E-state index in [0.29, 0.717) is 0 Å². The first kappa shape index (κ1) is 15.6. The van der Waals surface area contributed by atoms with Crippen LogP contribution >= 0.6 is 0 Å². The lowest BCUT2D eigenvalue weighted by atomic mass is 10.0. The number of anilines is 2. The number of hydrogen-bond acceptors (Lipinski definition) is 4. The third kappa shape index (κ3) is 3.39. The van der Waals surface area contributed by atoms with Crippen molar-refractivity contribution in [1.29, 1.82) is 0 Å². The summed E-state index contributed by atoms with van der Waals surface area (Å²) in [6.07, 6.45) is 3.71. The summed E-state index contributed by atoms with van der Waals surface area (Å²) in [5.41, 5.74) is 9.58. The quantitative estimate of drug-likeness (QED) is 0.867. The summed E-state index contributed by atoms with van der Waals surface area (Å²) in [5, 5.41) is 0. The van der Waals surface area contributed by atoms with Crippen molar-refractivity contribution in [2.24, 2.45) is 0 Å². The molecule has 0 saturated carbocycles. The van der Waals surface area contributed by atoms with Gasteiger partial charge in [-0.15, -0.1) is 0 Å². The number of hydrogen-bond donors (Lipinski definition) is 1. The number of aryl methyl sites for hydroxylation is 1. The second kappa shape index (κ2) is 6.88. The molecule has 0 aromatic heterocycles. The molecule has 122 valence electrons. The number of nitrogen functional groups attached to an aromatic ring is 1. The molecular formula is C18H30N4. The van der Waals surface area contributed by atoms with E-state index in [1.54, 1.807) is 0 Å². The highest BCUT2D eigenvalue weighted by atomic mass is 15.3. The van der Waals surface area contributed by atoms with Crippen molar-refractivity contribution in [3.05, 3.63) is 23.8 Å². The number of piperidine rings is 1. The monoisotopic (exact) mass is 302 g/mol. The van der Waals surface area contributed by atoms with Gasteiger partial charge in [-0.05, 0) is 63.2 Å². The van der Waals surface area contributed by atoms with E-state index in [1.165, 1.54) is 50.3 Å². The molecule has 2 heterocycles. The zero-order valence-corrected chi connectivity index (χ0v) is 14.1. The Balaban J connectivity index is 1.60. The smallest absolute Gasteiger partial charge is 0.0401 e. The molecule has 1 aromatic rings. The van der Waals surface area contributed by atoms with Crippen molar-refractivity contribution < 1.29 is 0 Å². The molecule has 4 heteroatoms. The van der Waals surface area contributed by atoms with Gasteiger partial charge in [0, 0.05) is 43.6 Å². The Labute approximate surface area is 134 Å². The third-order valence-electron chi connectivity index (χ3n) is 5.34. The van der Waals surface area contributed by atoms with Crippen LogP contribution < -0.4 is 10.6 Å². The lowest BCUT2D eigenvalue weighted by Crippen LogP contribution is -2.53. The Morgan fingerprint density at radius 1 is 1.05 bits per heavy atom. The van der Waals surface area contributed by atoms with Crippen molar-refractivity contribution in [3.8, 4) is 0 Å². The van der Waals surface area contributed by atoms with Crippen molar-refractivity contribution in [2.45, 2.75) is 32.2 Å². The molecule has 0 radical (unpaired) electrons. The molecule has 0 atom stereocenters. The van der Waals surface area contributed by atoms with E-state index in [1.807, 2.05) is 6.07 Å². The fourth-order valence-corrected chi connectivity index (χ4v) is 3.89. The summed E-state index contributed by atoms with van der Waals surface area (Å²) in [6, 6.07) is 7.19. The van der Waals surface area contributed by atoms with Gasteiger partial charge in [-0.1, -0.05) is 6.92 Å². The van der Waals surface area contributed by atoms with Gasteiger partial charge in [-0.25, -0.2) is 0 Å². The Bertz CT molecular complexity index is 486. The maximum absolute atomic E-state index is 5.93. The predicted molar refractivity (Wildman–Crippen MR) is 94.5 cm³/mol. The zero-order chi connectivity index (χ0) is 15.5. The summed E-state index contributed by atoms with van der Waals surface area (Å²) in [7, 11) is 2.24. The first-order valence-corrected chi connectivity index (χ1v) is 8.73. The molecule has 0 amide bonds. The van der Waals surface area contributed by atoms with E-state index < -0.39 is 0 Å². The van der Waals surface area contributed by atoms with Gasteiger partial charge in [-0.2, -0.15) is 0 Å². The van der Waals surface area contributed by atoms with Crippen LogP contribution in [0.3, 0.4) is 0 Å². The highest BCUT2D eigenvalue weighted by Gasteiger charge is 2.26. The Kier molecular flexibility index (Phi) is 4.89. The molecule has 0 bridgehead atoms. The van der Waals surface area contributed by atoms with Gasteiger partial charge < -0.3 is 15.5 Å². The fourth-order valence-electron chi connectivity index (χ4n) is 3.89. The molecule has 2 fully saturated rings. The van der Waals surface area contributed by atoms with Crippen LogP contribution in [0.5, 0.6) is 0 Å². The zero-order valence-electron chi connectivity index (χ0n) is 14.1. The van der Waals surface area contributed by atoms with Crippen LogP contribution in [0, 0.1) is 0 Å². The van der Waals surface area contributed by atoms with Gasteiger partial charge in [0.25, 0.3) is 0 Å². The van der Waals surface area contributed by atoms with E-state index in [9.17, 15) is 0 Å². The lowest BCUT2D eigenvalue weighted by Gasteiger charge is -2.43. The van der Waals surface area contributed by atoms with Crippen LogP contribution in [0.15, 0.2) is 18.2 Å². The van der Waals surface area contributed by atoms with Gasteiger partial charge in [0.15, 0.2) is 0 Å². The molecule has 22 heavy (non-hydrogen) atoms. The van der Waals surface area contributed by atoms with Gasteiger partial charge in [-0.3, -0.25) is 4.90 Å². The van der Waals surface area contributed by atoms with Crippen molar-refractivity contribution >= 4 is 11.4 Å². The normalized spacial score (nSPS) is 22.2. The standard InChI is InChI=1S/C18H30N4/c1-3-15-14-16(19)4-5-18(15)22-12-10-21(11-13-22)17-6-8-20(2)9-7-17/h4-5,14,17H,3,6-13,19H2,1-2H3. The SMILES string of the molecule is CCc1cc(N)ccc1N1CCN(C2CCN(C)CC2)CC1. The average Bonchev–Trinajstić information content (AvgIpc) is 2.56. The van der Waals surface area contributed by atoms with E-state index in [-0.39, 0.29) is 0 Å². The predicted octanol–water partition coefficient (Wildman–Crippen LogP) is 2.05. The summed E-state index contributed by atoms with van der Waals surface area (Å²) in [5.74, 6) is 0. The first-order valence-electron chi connectivity index (χ1n) is 8.73. The number of likely N-dealkylation sites (tertiary alicyclic amines) is 1. The Morgan fingerprint density at radius 3 is 2.36 bits per heavy atom. The largest absolute Gasteiger partial charge is 0.399 e. The summed E-state index contributed by atoms with van der Waals surface area (Å²) in [4.78, 5) is 7.71. The average molecular weight is 302 g/mol. The van der Waals surface area contributed by atoms with Crippen molar-refractivity contribution in [2.75, 3.05) is 56.9 Å². The second-order valence-corrected chi connectivity index (χ2v) is 6.80. The molecule has 3 rings (SSSR count). The van der Waals surface area contributed by atoms with Crippen LogP contribution in [0.2, 0.25) is 0 Å². The highest BCUT2D eigenvalue weighted by molar-refractivity contribution is 5.60. The molecular weight excluding hydrogens is 272 g/mol. The summed E-state index contributed by atoms with van der Waals surface area (Å²) < 4.78 is 0. The number of nitrogens with two attached hydrogens (primary N) is 1. The summed E-state index contributed by atoms with van der Waals surface area (Å²) >= 11 is 0. The maximum atomic E-state index is 5.93. The first-order chi connectivity index (χ1) is 10.7. The molecule has 2 aliphatic rings. The van der Waals surface area contributed by atoms with E-state index in [4.69, 9.17) is 5.73 Å². The highest BCUT2D eigenvalue weighted by Crippen LogP contribution is 2.26. The van der Waals surface area contributed by atoms with E-state index >= 15 is 0 Å². The van der Waals surface area contributed by atoms with Crippen LogP contribution in [0.25, 0.3) is 0 Å². The minimum Gasteiger partial charge on any atom is -0.399 e. The van der Waals surface area contributed by atoms with Crippen LogP contribution in [0.1, 0.15) is 25.3 Å². The van der Waals surface area contributed by atoms with Gasteiger partial charge in [0.05, 0.1) is 0 Å². The van der Waals surface area contributed by atoms with Gasteiger partial charge in [0.1, 0.15) is 0 Å². The second-order valence-electron chi connectivity index (χ2n) is 6.80. The number of piperazine rings is 1. The lowest BCUT2D eigenvalue weighted by molar-refractivity contribution is 0.115. The molecule has 0 spiro atoms. The van der Waals surface area contributed by atoms with Crippen LogP contribution in [-0.2, 0) is 6.42 Å². The molecule has 1 aromatic carbocycles.